The van der Waals surface area contributed by atoms with Crippen molar-refractivity contribution in [2.45, 2.75) is 13.0 Å². The van der Waals surface area contributed by atoms with Crippen LogP contribution in [0.2, 0.25) is 0 Å². The molecule has 1 unspecified atom stereocenters. The molecule has 2 aromatic rings. The number of hydrogen-bond acceptors (Lipinski definition) is 3. The molecular weight excluding hydrogens is 346 g/mol. The first-order valence-electron chi connectivity index (χ1n) is 7.90. The van der Waals surface area contributed by atoms with Crippen LogP contribution in [-0.4, -0.2) is 30.0 Å². The van der Waals surface area contributed by atoms with Gasteiger partial charge >= 0.3 is 6.03 Å². The van der Waals surface area contributed by atoms with Crippen molar-refractivity contribution in [3.8, 4) is 0 Å². The Labute approximate surface area is 147 Å². The van der Waals surface area contributed by atoms with Crippen LogP contribution in [-0.2, 0) is 0 Å². The van der Waals surface area contributed by atoms with Gasteiger partial charge in [-0.25, -0.2) is 13.6 Å². The first kappa shape index (κ1) is 17.6. The second-order valence-electron chi connectivity index (χ2n) is 5.85. The van der Waals surface area contributed by atoms with Crippen molar-refractivity contribution in [1.29, 1.82) is 0 Å². The molecule has 0 radical (unpaired) electrons. The lowest BCUT2D eigenvalue weighted by Gasteiger charge is -2.18. The summed E-state index contributed by atoms with van der Waals surface area (Å²) >= 11 is 0. The van der Waals surface area contributed by atoms with Gasteiger partial charge in [0, 0.05) is 31.4 Å². The van der Waals surface area contributed by atoms with E-state index in [0.29, 0.717) is 18.2 Å². The number of urea groups is 1. The lowest BCUT2D eigenvalue weighted by atomic mass is 10.1. The van der Waals surface area contributed by atoms with Crippen molar-refractivity contribution in [1.82, 2.24) is 15.6 Å². The topological polar surface area (TPSA) is 94.3 Å². The number of anilines is 1. The summed E-state index contributed by atoms with van der Waals surface area (Å²) in [6.45, 7) is 2.21. The molecule has 1 aromatic carbocycles. The molecule has 0 saturated carbocycles. The maximum absolute atomic E-state index is 14.1. The summed E-state index contributed by atoms with van der Waals surface area (Å²) in [5.41, 5.74) is -0.217. The molecule has 9 heteroatoms. The number of pyridine rings is 1. The summed E-state index contributed by atoms with van der Waals surface area (Å²) in [6.07, 6.45) is 1.44. The minimum Gasteiger partial charge on any atom is -0.345 e. The molecule has 3 N–H and O–H groups in total. The monoisotopic (exact) mass is 362 g/mol. The molecular formula is C17H16F2N4O3. The number of aromatic amines is 1. The Balaban J connectivity index is 1.85. The van der Waals surface area contributed by atoms with Crippen molar-refractivity contribution >= 4 is 17.6 Å². The maximum atomic E-state index is 14.1. The molecule has 1 aromatic heterocycles. The summed E-state index contributed by atoms with van der Waals surface area (Å²) in [5.74, 6) is -2.72. The van der Waals surface area contributed by atoms with Crippen LogP contribution < -0.4 is 21.1 Å². The zero-order valence-corrected chi connectivity index (χ0v) is 13.8. The lowest BCUT2D eigenvalue weighted by Crippen LogP contribution is -2.30. The van der Waals surface area contributed by atoms with Crippen molar-refractivity contribution in [2.24, 2.45) is 0 Å². The van der Waals surface area contributed by atoms with Crippen LogP contribution >= 0.6 is 0 Å². The number of carbonyl (C=O) groups excluding carboxylic acids is 2. The number of hydrogen-bond donors (Lipinski definition) is 3. The van der Waals surface area contributed by atoms with E-state index in [2.05, 4.69) is 15.6 Å². The van der Waals surface area contributed by atoms with Gasteiger partial charge in [0.05, 0.1) is 17.3 Å². The first-order chi connectivity index (χ1) is 12.4. The minimum atomic E-state index is -1.03. The van der Waals surface area contributed by atoms with E-state index < -0.39 is 29.6 Å². The highest BCUT2D eigenvalue weighted by Gasteiger charge is 2.27. The Morgan fingerprint density at radius 2 is 2.00 bits per heavy atom. The fourth-order valence-corrected chi connectivity index (χ4v) is 2.67. The van der Waals surface area contributed by atoms with E-state index in [4.69, 9.17) is 0 Å². The number of benzene rings is 1. The van der Waals surface area contributed by atoms with Gasteiger partial charge in [0.1, 0.15) is 11.6 Å². The second kappa shape index (κ2) is 6.95. The predicted octanol–water partition coefficient (Wildman–Crippen LogP) is 1.67. The summed E-state index contributed by atoms with van der Waals surface area (Å²) in [4.78, 5) is 38.8. The average Bonchev–Trinajstić information content (AvgIpc) is 3.01. The molecule has 1 aliphatic heterocycles. The summed E-state index contributed by atoms with van der Waals surface area (Å²) in [7, 11) is 0. The zero-order valence-electron chi connectivity index (χ0n) is 13.8. The van der Waals surface area contributed by atoms with Gasteiger partial charge in [0.25, 0.3) is 5.91 Å². The predicted molar refractivity (Wildman–Crippen MR) is 90.0 cm³/mol. The van der Waals surface area contributed by atoms with Gasteiger partial charge in [0.15, 0.2) is 0 Å². The Kier molecular flexibility index (Phi) is 4.70. The summed E-state index contributed by atoms with van der Waals surface area (Å²) in [5, 5.41) is 5.09. The largest absolute Gasteiger partial charge is 0.345 e. The van der Waals surface area contributed by atoms with Crippen LogP contribution in [0.3, 0.4) is 0 Å². The number of aromatic nitrogens is 1. The van der Waals surface area contributed by atoms with E-state index in [0.717, 1.165) is 11.0 Å². The highest BCUT2D eigenvalue weighted by molar-refractivity contribution is 5.99. The molecule has 7 nitrogen and oxygen atoms in total. The third-order valence-corrected chi connectivity index (χ3v) is 4.08. The molecule has 3 rings (SSSR count). The van der Waals surface area contributed by atoms with Crippen LogP contribution in [0, 0.1) is 11.6 Å². The standard InChI is InChI=1S/C17H16F2N4O3/c1-9(10-2-3-15(24)21-8-10)22-16(25)11-6-14(13(19)7-12(11)18)23-5-4-20-17(23)26/h2-3,6-9H,4-5H2,1H3,(H,20,26)(H,21,24)(H,22,25). The molecule has 1 saturated heterocycles. The Bertz CT molecular complexity index is 908. The molecule has 0 spiro atoms. The Morgan fingerprint density at radius 3 is 2.62 bits per heavy atom. The smallest absolute Gasteiger partial charge is 0.322 e. The fraction of sp³-hybridized carbons (Fsp3) is 0.235. The maximum Gasteiger partial charge on any atom is 0.322 e. The highest BCUT2D eigenvalue weighted by atomic mass is 19.1. The average molecular weight is 362 g/mol. The third-order valence-electron chi connectivity index (χ3n) is 4.08. The fourth-order valence-electron chi connectivity index (χ4n) is 2.67. The van der Waals surface area contributed by atoms with Gasteiger partial charge in [-0.15, -0.1) is 0 Å². The van der Waals surface area contributed by atoms with Crippen LogP contribution in [0.25, 0.3) is 0 Å². The SMILES string of the molecule is CC(NC(=O)c1cc(N2CCNC2=O)c(F)cc1F)c1ccc(=O)[nH]c1. The van der Waals surface area contributed by atoms with Crippen LogP contribution in [0.15, 0.2) is 35.3 Å². The molecule has 1 atom stereocenters. The van der Waals surface area contributed by atoms with E-state index in [1.54, 1.807) is 6.92 Å². The molecule has 1 fully saturated rings. The third kappa shape index (κ3) is 3.41. The molecule has 1 aliphatic rings. The normalized spacial score (nSPS) is 14.9. The number of carbonyl (C=O) groups is 2. The molecule has 0 aliphatic carbocycles. The van der Waals surface area contributed by atoms with Crippen LogP contribution in [0.5, 0.6) is 0 Å². The number of amides is 3. The van der Waals surface area contributed by atoms with Gasteiger partial charge in [-0.1, -0.05) is 6.07 Å². The quantitative estimate of drug-likeness (QED) is 0.772. The van der Waals surface area contributed by atoms with E-state index >= 15 is 0 Å². The van der Waals surface area contributed by atoms with Crippen molar-refractivity contribution in [3.63, 3.8) is 0 Å². The van der Waals surface area contributed by atoms with Gasteiger partial charge in [-0.3, -0.25) is 14.5 Å². The Hall–Kier alpha value is -3.23. The Morgan fingerprint density at radius 1 is 1.23 bits per heavy atom. The number of nitrogens with one attached hydrogen (secondary N) is 3. The first-order valence-corrected chi connectivity index (χ1v) is 7.90. The van der Waals surface area contributed by atoms with Crippen LogP contribution in [0.4, 0.5) is 19.3 Å². The molecule has 0 bridgehead atoms. The second-order valence-corrected chi connectivity index (χ2v) is 5.85. The van der Waals surface area contributed by atoms with Crippen molar-refractivity contribution < 1.29 is 18.4 Å². The van der Waals surface area contributed by atoms with E-state index in [1.807, 2.05) is 0 Å². The van der Waals surface area contributed by atoms with Gasteiger partial charge in [-0.2, -0.15) is 0 Å². The molecule has 3 amide bonds. The zero-order chi connectivity index (χ0) is 18.8. The minimum absolute atomic E-state index is 0.164. The van der Waals surface area contributed by atoms with Gasteiger partial charge in [-0.05, 0) is 18.6 Å². The highest BCUT2D eigenvalue weighted by Crippen LogP contribution is 2.25. The van der Waals surface area contributed by atoms with Crippen molar-refractivity contribution in [2.75, 3.05) is 18.0 Å². The summed E-state index contributed by atoms with van der Waals surface area (Å²) < 4.78 is 28.2. The van der Waals surface area contributed by atoms with E-state index in [-0.39, 0.29) is 23.4 Å². The number of halogens is 2. The molecule has 26 heavy (non-hydrogen) atoms. The molecule has 2 heterocycles. The number of H-pyrrole nitrogens is 1. The van der Waals surface area contributed by atoms with E-state index in [9.17, 15) is 23.2 Å². The van der Waals surface area contributed by atoms with Gasteiger partial charge in [0.2, 0.25) is 5.56 Å². The summed E-state index contributed by atoms with van der Waals surface area (Å²) in [6, 6.07) is 3.40. The lowest BCUT2D eigenvalue weighted by molar-refractivity contribution is 0.0935. The van der Waals surface area contributed by atoms with Gasteiger partial charge < -0.3 is 15.6 Å². The molecule has 136 valence electrons. The van der Waals surface area contributed by atoms with Crippen molar-refractivity contribution in [3.05, 3.63) is 63.6 Å². The number of rotatable bonds is 4. The number of nitrogens with zero attached hydrogens (tertiary/aromatic N) is 1. The van der Waals surface area contributed by atoms with E-state index in [1.165, 1.54) is 18.3 Å². The van der Waals surface area contributed by atoms with Crippen LogP contribution in [0.1, 0.15) is 28.9 Å².